The first-order valence-corrected chi connectivity index (χ1v) is 7.68. The van der Waals surface area contributed by atoms with E-state index in [1.807, 2.05) is 0 Å². The van der Waals surface area contributed by atoms with Gasteiger partial charge in [-0.05, 0) is 24.5 Å². The van der Waals surface area contributed by atoms with Gasteiger partial charge in [0.1, 0.15) is 0 Å². The number of hydrogen-bond donors (Lipinski definition) is 2. The van der Waals surface area contributed by atoms with E-state index in [2.05, 4.69) is 5.32 Å². The van der Waals surface area contributed by atoms with E-state index in [1.165, 1.54) is 18.6 Å². The molecule has 1 saturated carbocycles. The molecule has 0 amide bonds. The van der Waals surface area contributed by atoms with Gasteiger partial charge in [0, 0.05) is 42.3 Å². The first-order valence-electron chi connectivity index (χ1n) is 7.31. The molecule has 1 aromatic rings. The van der Waals surface area contributed by atoms with Crippen molar-refractivity contribution in [3.05, 3.63) is 38.9 Å². The Morgan fingerprint density at radius 3 is 2.67 bits per heavy atom. The molecule has 0 heterocycles. The smallest absolute Gasteiger partial charge is 0.269 e. The second-order valence-corrected chi connectivity index (χ2v) is 6.26. The summed E-state index contributed by atoms with van der Waals surface area (Å²) in [6.07, 6.45) is 5.59. The lowest BCUT2D eigenvalue weighted by Gasteiger charge is -2.35. The van der Waals surface area contributed by atoms with Crippen LogP contribution in [-0.2, 0) is 6.54 Å². The molecule has 1 aliphatic rings. The lowest BCUT2D eigenvalue weighted by molar-refractivity contribution is -0.384. The summed E-state index contributed by atoms with van der Waals surface area (Å²) in [7, 11) is 0. The third kappa shape index (κ3) is 4.15. The third-order valence-corrected chi connectivity index (χ3v) is 4.67. The van der Waals surface area contributed by atoms with Crippen LogP contribution in [0.3, 0.4) is 0 Å². The first kappa shape index (κ1) is 16.2. The highest BCUT2D eigenvalue weighted by molar-refractivity contribution is 6.31. The fraction of sp³-hybridized carbons (Fsp3) is 0.600. The zero-order valence-corrected chi connectivity index (χ0v) is 12.7. The Balaban J connectivity index is 1.96. The summed E-state index contributed by atoms with van der Waals surface area (Å²) in [5, 5.41) is 24.3. The highest BCUT2D eigenvalue weighted by Crippen LogP contribution is 2.35. The molecule has 2 rings (SSSR count). The van der Waals surface area contributed by atoms with Crippen LogP contribution in [-0.4, -0.2) is 23.2 Å². The Morgan fingerprint density at radius 2 is 2.05 bits per heavy atom. The Kier molecular flexibility index (Phi) is 5.56. The number of aliphatic hydroxyl groups excluding tert-OH is 1. The predicted molar refractivity (Wildman–Crippen MR) is 82.4 cm³/mol. The Morgan fingerprint density at radius 1 is 1.33 bits per heavy atom. The number of hydrogen-bond acceptors (Lipinski definition) is 4. The molecule has 0 unspecified atom stereocenters. The summed E-state index contributed by atoms with van der Waals surface area (Å²) in [4.78, 5) is 10.4. The minimum Gasteiger partial charge on any atom is -0.396 e. The number of nitrogens with one attached hydrogen (secondary N) is 1. The maximum atomic E-state index is 10.8. The van der Waals surface area contributed by atoms with Crippen LogP contribution in [0.2, 0.25) is 5.02 Å². The summed E-state index contributed by atoms with van der Waals surface area (Å²) in [5.41, 5.74) is 0.714. The average Bonchev–Trinajstić information content (AvgIpc) is 2.50. The van der Waals surface area contributed by atoms with Crippen LogP contribution in [0.4, 0.5) is 5.69 Å². The Hall–Kier alpha value is -1.17. The van der Waals surface area contributed by atoms with Crippen LogP contribution in [0.1, 0.15) is 37.7 Å². The molecule has 6 heteroatoms. The molecule has 1 fully saturated rings. The van der Waals surface area contributed by atoms with E-state index < -0.39 is 4.92 Å². The van der Waals surface area contributed by atoms with E-state index in [9.17, 15) is 15.2 Å². The van der Waals surface area contributed by atoms with Crippen molar-refractivity contribution in [1.82, 2.24) is 5.32 Å². The molecule has 0 atom stereocenters. The predicted octanol–water partition coefficient (Wildman–Crippen LogP) is 3.28. The van der Waals surface area contributed by atoms with Gasteiger partial charge < -0.3 is 10.4 Å². The molecule has 21 heavy (non-hydrogen) atoms. The molecule has 5 nitrogen and oxygen atoms in total. The molecule has 0 aliphatic heterocycles. The maximum absolute atomic E-state index is 10.8. The van der Waals surface area contributed by atoms with E-state index in [1.54, 1.807) is 6.07 Å². The standard InChI is InChI=1S/C15H21ClN2O3/c16-14-5-4-13(18(20)21)8-12(14)9-17-10-15(11-19)6-2-1-3-7-15/h4-5,8,17,19H,1-3,6-7,9-11H2. The van der Waals surface area contributed by atoms with Crippen LogP contribution in [0.25, 0.3) is 0 Å². The molecule has 0 aromatic heterocycles. The molecular formula is C15H21ClN2O3. The summed E-state index contributed by atoms with van der Waals surface area (Å²) in [6, 6.07) is 4.46. The number of nitrogens with zero attached hydrogens (tertiary/aromatic N) is 1. The third-order valence-electron chi connectivity index (χ3n) is 4.31. The number of aliphatic hydroxyl groups is 1. The second kappa shape index (κ2) is 7.20. The number of halogens is 1. The molecule has 0 radical (unpaired) electrons. The fourth-order valence-electron chi connectivity index (χ4n) is 2.97. The van der Waals surface area contributed by atoms with E-state index in [0.717, 1.165) is 31.2 Å². The zero-order chi connectivity index (χ0) is 15.3. The van der Waals surface area contributed by atoms with Crippen molar-refractivity contribution in [2.24, 2.45) is 5.41 Å². The number of benzene rings is 1. The molecule has 0 bridgehead atoms. The number of non-ortho nitro benzene ring substituents is 1. The Bertz CT molecular complexity index is 502. The summed E-state index contributed by atoms with van der Waals surface area (Å²) < 4.78 is 0. The van der Waals surface area contributed by atoms with E-state index >= 15 is 0 Å². The van der Waals surface area contributed by atoms with E-state index in [0.29, 0.717) is 18.1 Å². The lowest BCUT2D eigenvalue weighted by Crippen LogP contribution is -2.38. The topological polar surface area (TPSA) is 75.4 Å². The molecule has 0 spiro atoms. The molecule has 1 aliphatic carbocycles. The van der Waals surface area contributed by atoms with Crippen molar-refractivity contribution in [3.63, 3.8) is 0 Å². The van der Waals surface area contributed by atoms with Gasteiger partial charge >= 0.3 is 0 Å². The van der Waals surface area contributed by atoms with E-state index in [-0.39, 0.29) is 17.7 Å². The summed E-state index contributed by atoms with van der Waals surface area (Å²) in [5.74, 6) is 0. The van der Waals surface area contributed by atoms with Crippen LogP contribution >= 0.6 is 11.6 Å². The second-order valence-electron chi connectivity index (χ2n) is 5.86. The molecule has 2 N–H and O–H groups in total. The minimum atomic E-state index is -0.420. The van der Waals surface area contributed by atoms with Gasteiger partial charge in [0.25, 0.3) is 5.69 Å². The highest BCUT2D eigenvalue weighted by Gasteiger charge is 2.30. The summed E-state index contributed by atoms with van der Waals surface area (Å²) in [6.45, 7) is 1.37. The number of nitro benzene ring substituents is 1. The minimum absolute atomic E-state index is 0.0470. The van der Waals surface area contributed by atoms with Crippen molar-refractivity contribution in [2.75, 3.05) is 13.2 Å². The van der Waals surface area contributed by atoms with Gasteiger partial charge in [-0.15, -0.1) is 0 Å². The number of nitro groups is 1. The monoisotopic (exact) mass is 312 g/mol. The van der Waals surface area contributed by atoms with Crippen LogP contribution in [0.5, 0.6) is 0 Å². The lowest BCUT2D eigenvalue weighted by atomic mass is 9.74. The van der Waals surface area contributed by atoms with Gasteiger partial charge in [0.05, 0.1) is 4.92 Å². The maximum Gasteiger partial charge on any atom is 0.269 e. The molecule has 1 aromatic carbocycles. The SMILES string of the molecule is O=[N+]([O-])c1ccc(Cl)c(CNCC2(CO)CCCCC2)c1. The van der Waals surface area contributed by atoms with Crippen LogP contribution in [0.15, 0.2) is 18.2 Å². The van der Waals surface area contributed by atoms with Gasteiger partial charge in [-0.3, -0.25) is 10.1 Å². The van der Waals surface area contributed by atoms with Crippen molar-refractivity contribution in [3.8, 4) is 0 Å². The molecular weight excluding hydrogens is 292 g/mol. The average molecular weight is 313 g/mol. The van der Waals surface area contributed by atoms with Gasteiger partial charge in [-0.1, -0.05) is 30.9 Å². The van der Waals surface area contributed by atoms with Crippen molar-refractivity contribution in [1.29, 1.82) is 0 Å². The largest absolute Gasteiger partial charge is 0.396 e. The molecule has 116 valence electrons. The number of rotatable bonds is 6. The van der Waals surface area contributed by atoms with Crippen molar-refractivity contribution >= 4 is 17.3 Å². The normalized spacial score (nSPS) is 17.6. The Labute approximate surface area is 129 Å². The van der Waals surface area contributed by atoms with E-state index in [4.69, 9.17) is 11.6 Å². The summed E-state index contributed by atoms with van der Waals surface area (Å²) >= 11 is 6.08. The van der Waals surface area contributed by atoms with Gasteiger partial charge in [-0.25, -0.2) is 0 Å². The van der Waals surface area contributed by atoms with Crippen LogP contribution < -0.4 is 5.32 Å². The van der Waals surface area contributed by atoms with Gasteiger partial charge in [-0.2, -0.15) is 0 Å². The van der Waals surface area contributed by atoms with Crippen molar-refractivity contribution in [2.45, 2.75) is 38.6 Å². The molecule has 0 saturated heterocycles. The van der Waals surface area contributed by atoms with Gasteiger partial charge in [0.2, 0.25) is 0 Å². The first-order chi connectivity index (χ1) is 10.1. The van der Waals surface area contributed by atoms with Crippen LogP contribution in [0, 0.1) is 15.5 Å². The van der Waals surface area contributed by atoms with Gasteiger partial charge in [0.15, 0.2) is 0 Å². The quantitative estimate of drug-likeness (QED) is 0.624. The highest BCUT2D eigenvalue weighted by atomic mass is 35.5. The zero-order valence-electron chi connectivity index (χ0n) is 12.0. The van der Waals surface area contributed by atoms with Crippen molar-refractivity contribution < 1.29 is 10.0 Å². The fourth-order valence-corrected chi connectivity index (χ4v) is 3.15.